The van der Waals surface area contributed by atoms with E-state index in [4.69, 9.17) is 0 Å². The van der Waals surface area contributed by atoms with Crippen LogP contribution in [0.15, 0.2) is 48.5 Å². The number of unbranched alkanes of at least 4 members (excludes halogenated alkanes) is 1. The summed E-state index contributed by atoms with van der Waals surface area (Å²) < 4.78 is 0. The molecule has 2 aromatic carbocycles. The van der Waals surface area contributed by atoms with Crippen LogP contribution in [0.3, 0.4) is 0 Å². The molecule has 2 rings (SSSR count). The predicted molar refractivity (Wildman–Crippen MR) is 81.7 cm³/mol. The molecule has 0 heteroatoms. The van der Waals surface area contributed by atoms with Crippen LogP contribution in [-0.2, 0) is 0 Å². The van der Waals surface area contributed by atoms with Crippen molar-refractivity contribution < 1.29 is 0 Å². The highest BCUT2D eigenvalue weighted by Crippen LogP contribution is 2.28. The molecular formula is C18H22. The van der Waals surface area contributed by atoms with Gasteiger partial charge in [0, 0.05) is 0 Å². The van der Waals surface area contributed by atoms with Gasteiger partial charge in [-0.1, -0.05) is 68.8 Å². The molecule has 0 spiro atoms. The van der Waals surface area contributed by atoms with E-state index in [9.17, 15) is 0 Å². The van der Waals surface area contributed by atoms with Crippen LogP contribution in [-0.4, -0.2) is 0 Å². The van der Waals surface area contributed by atoms with Gasteiger partial charge in [-0.2, -0.15) is 0 Å². The second-order valence-electron chi connectivity index (χ2n) is 4.77. The van der Waals surface area contributed by atoms with Crippen LogP contribution in [0.1, 0.15) is 45.1 Å². The molecule has 94 valence electrons. The molecule has 2 aromatic rings. The smallest absolute Gasteiger partial charge is 0.0109 e. The summed E-state index contributed by atoms with van der Waals surface area (Å²) in [5, 5.41) is 2.73. The zero-order chi connectivity index (χ0) is 12.8. The van der Waals surface area contributed by atoms with E-state index >= 15 is 0 Å². The lowest BCUT2D eigenvalue weighted by molar-refractivity contribution is 0.823. The Bertz CT molecular complexity index is 529. The topological polar surface area (TPSA) is 0 Å². The Morgan fingerprint density at radius 2 is 1.78 bits per heavy atom. The minimum atomic E-state index is 1.11. The first kappa shape index (κ1) is 12.9. The van der Waals surface area contributed by atoms with Crippen molar-refractivity contribution in [3.05, 3.63) is 54.1 Å². The number of rotatable bonds is 5. The quantitative estimate of drug-likeness (QED) is 0.615. The van der Waals surface area contributed by atoms with Crippen molar-refractivity contribution in [2.75, 3.05) is 0 Å². The standard InChI is InChI=1S/C18H22/c1-3-5-10-15(9-4-2)18-14-8-12-16-11-6-7-13-17(16)18/h6-9,11-14H,3-5,10H2,1-2H3. The summed E-state index contributed by atoms with van der Waals surface area (Å²) in [6.45, 7) is 4.48. The molecule has 0 atom stereocenters. The fourth-order valence-electron chi connectivity index (χ4n) is 2.47. The van der Waals surface area contributed by atoms with E-state index in [2.05, 4.69) is 62.4 Å². The first-order valence-corrected chi connectivity index (χ1v) is 7.04. The average molecular weight is 238 g/mol. The van der Waals surface area contributed by atoms with Gasteiger partial charge in [0.25, 0.3) is 0 Å². The molecule has 0 aliphatic rings. The normalized spacial score (nSPS) is 12.0. The molecular weight excluding hydrogens is 216 g/mol. The number of allylic oxidation sites excluding steroid dienone is 2. The van der Waals surface area contributed by atoms with Gasteiger partial charge >= 0.3 is 0 Å². The van der Waals surface area contributed by atoms with Gasteiger partial charge in [-0.3, -0.25) is 0 Å². The number of benzene rings is 2. The third-order valence-electron chi connectivity index (χ3n) is 3.39. The van der Waals surface area contributed by atoms with Gasteiger partial charge in [0.05, 0.1) is 0 Å². The zero-order valence-corrected chi connectivity index (χ0v) is 11.4. The molecule has 0 saturated heterocycles. The van der Waals surface area contributed by atoms with Crippen molar-refractivity contribution in [1.29, 1.82) is 0 Å². The average Bonchev–Trinajstić information content (AvgIpc) is 2.43. The van der Waals surface area contributed by atoms with Gasteiger partial charge in [-0.25, -0.2) is 0 Å². The van der Waals surface area contributed by atoms with E-state index in [1.807, 2.05) is 0 Å². The molecule has 0 fully saturated rings. The molecule has 18 heavy (non-hydrogen) atoms. The Morgan fingerprint density at radius 3 is 2.56 bits per heavy atom. The molecule has 0 aliphatic carbocycles. The SMILES string of the molecule is CCC=C(CCCC)c1cccc2ccccc12. The molecule has 0 saturated carbocycles. The van der Waals surface area contributed by atoms with Gasteiger partial charge in [0.15, 0.2) is 0 Å². The lowest BCUT2D eigenvalue weighted by atomic mass is 9.94. The molecule has 0 radical (unpaired) electrons. The highest BCUT2D eigenvalue weighted by molar-refractivity contribution is 5.93. The molecule has 0 nitrogen and oxygen atoms in total. The van der Waals surface area contributed by atoms with Crippen molar-refractivity contribution in [1.82, 2.24) is 0 Å². The van der Waals surface area contributed by atoms with Crippen LogP contribution >= 0.6 is 0 Å². The van der Waals surface area contributed by atoms with E-state index < -0.39 is 0 Å². The fourth-order valence-corrected chi connectivity index (χ4v) is 2.47. The van der Waals surface area contributed by atoms with Gasteiger partial charge < -0.3 is 0 Å². The van der Waals surface area contributed by atoms with E-state index in [1.54, 1.807) is 0 Å². The summed E-state index contributed by atoms with van der Waals surface area (Å²) in [6, 6.07) is 15.3. The van der Waals surface area contributed by atoms with Crippen LogP contribution in [0.4, 0.5) is 0 Å². The summed E-state index contributed by atoms with van der Waals surface area (Å²) in [7, 11) is 0. The Kier molecular flexibility index (Phi) is 4.58. The fraction of sp³-hybridized carbons (Fsp3) is 0.333. The summed E-state index contributed by atoms with van der Waals surface area (Å²) >= 11 is 0. The van der Waals surface area contributed by atoms with E-state index in [0.29, 0.717) is 0 Å². The Hall–Kier alpha value is -1.56. The molecule has 0 aromatic heterocycles. The molecule has 0 heterocycles. The maximum absolute atomic E-state index is 2.39. The number of hydrogen-bond donors (Lipinski definition) is 0. The largest absolute Gasteiger partial charge is 0.0810 e. The van der Waals surface area contributed by atoms with Gasteiger partial charge in [-0.15, -0.1) is 0 Å². The Morgan fingerprint density at radius 1 is 1.00 bits per heavy atom. The van der Waals surface area contributed by atoms with Gasteiger partial charge in [0.1, 0.15) is 0 Å². The number of hydrogen-bond acceptors (Lipinski definition) is 0. The second kappa shape index (κ2) is 6.39. The highest BCUT2D eigenvalue weighted by Gasteiger charge is 2.05. The minimum Gasteiger partial charge on any atom is -0.0810 e. The van der Waals surface area contributed by atoms with Crippen LogP contribution in [0, 0.1) is 0 Å². The first-order valence-electron chi connectivity index (χ1n) is 7.04. The van der Waals surface area contributed by atoms with Crippen molar-refractivity contribution >= 4 is 16.3 Å². The summed E-state index contributed by atoms with van der Waals surface area (Å²) in [6.07, 6.45) is 7.22. The van der Waals surface area contributed by atoms with Crippen molar-refractivity contribution in [2.45, 2.75) is 39.5 Å². The van der Waals surface area contributed by atoms with E-state index in [1.165, 1.54) is 41.2 Å². The summed E-state index contributed by atoms with van der Waals surface area (Å²) in [5.41, 5.74) is 2.93. The maximum Gasteiger partial charge on any atom is -0.0109 e. The Labute approximate surface area is 110 Å². The molecule has 0 amide bonds. The predicted octanol–water partition coefficient (Wildman–Crippen LogP) is 5.82. The third kappa shape index (κ3) is 2.81. The van der Waals surface area contributed by atoms with Crippen LogP contribution in [0.25, 0.3) is 16.3 Å². The lowest BCUT2D eigenvalue weighted by Crippen LogP contribution is -1.88. The van der Waals surface area contributed by atoms with Crippen LogP contribution in [0.5, 0.6) is 0 Å². The monoisotopic (exact) mass is 238 g/mol. The molecule has 0 N–H and O–H groups in total. The van der Waals surface area contributed by atoms with Gasteiger partial charge in [0.2, 0.25) is 0 Å². The molecule has 0 unspecified atom stereocenters. The van der Waals surface area contributed by atoms with Crippen molar-refractivity contribution in [2.24, 2.45) is 0 Å². The summed E-state index contributed by atoms with van der Waals surface area (Å²) in [5.74, 6) is 0. The van der Waals surface area contributed by atoms with Crippen molar-refractivity contribution in [3.63, 3.8) is 0 Å². The van der Waals surface area contributed by atoms with E-state index in [-0.39, 0.29) is 0 Å². The van der Waals surface area contributed by atoms with Crippen molar-refractivity contribution in [3.8, 4) is 0 Å². The zero-order valence-electron chi connectivity index (χ0n) is 11.4. The minimum absolute atomic E-state index is 1.11. The molecule has 0 aliphatic heterocycles. The maximum atomic E-state index is 2.39. The lowest BCUT2D eigenvalue weighted by Gasteiger charge is -2.11. The van der Waals surface area contributed by atoms with E-state index in [0.717, 1.165) is 6.42 Å². The first-order chi connectivity index (χ1) is 8.86. The highest BCUT2D eigenvalue weighted by atomic mass is 14.1. The third-order valence-corrected chi connectivity index (χ3v) is 3.39. The Balaban J connectivity index is 2.47. The summed E-state index contributed by atoms with van der Waals surface area (Å²) in [4.78, 5) is 0. The van der Waals surface area contributed by atoms with Crippen LogP contribution < -0.4 is 0 Å². The number of fused-ring (bicyclic) bond motifs is 1. The second-order valence-corrected chi connectivity index (χ2v) is 4.77. The van der Waals surface area contributed by atoms with Gasteiger partial charge in [-0.05, 0) is 41.2 Å². The van der Waals surface area contributed by atoms with Crippen LogP contribution in [0.2, 0.25) is 0 Å². The molecule has 0 bridgehead atoms.